The zero-order valence-electron chi connectivity index (χ0n) is 10.2. The molecule has 0 spiro atoms. The largest absolute Gasteiger partial charge is 0.496 e. The maximum absolute atomic E-state index is 12.3. The second-order valence-electron chi connectivity index (χ2n) is 4.28. The number of fused-ring (bicyclic) bond motifs is 1. The Hall–Kier alpha value is -2.14. The lowest BCUT2D eigenvalue weighted by atomic mass is 10.0. The maximum atomic E-state index is 12.3. The molecule has 0 fully saturated rings. The van der Waals surface area contributed by atoms with Gasteiger partial charge in [0.25, 0.3) is 0 Å². The van der Waals surface area contributed by atoms with Gasteiger partial charge in [-0.2, -0.15) is 0 Å². The van der Waals surface area contributed by atoms with Gasteiger partial charge in [0.05, 0.1) is 18.4 Å². The van der Waals surface area contributed by atoms with E-state index in [4.69, 9.17) is 4.74 Å². The van der Waals surface area contributed by atoms with E-state index in [1.165, 1.54) is 11.3 Å². The van der Waals surface area contributed by atoms with E-state index in [1.54, 1.807) is 36.8 Å². The topological polar surface area (TPSA) is 55.4 Å². The molecule has 0 saturated carbocycles. The van der Waals surface area contributed by atoms with Gasteiger partial charge >= 0.3 is 0 Å². The van der Waals surface area contributed by atoms with Crippen LogP contribution in [0.25, 0.3) is 0 Å². The summed E-state index contributed by atoms with van der Waals surface area (Å²) >= 11 is 1.35. The number of hydrogen-bond donors (Lipinski definition) is 1. The SMILES string of the molecule is COc1csc(C(=O)c2ccc3c(c2)CC(=O)N3)c1. The maximum Gasteiger partial charge on any atom is 0.228 e. The predicted molar refractivity (Wildman–Crippen MR) is 73.1 cm³/mol. The van der Waals surface area contributed by atoms with Crippen molar-refractivity contribution in [1.29, 1.82) is 0 Å². The number of anilines is 1. The van der Waals surface area contributed by atoms with E-state index in [0.717, 1.165) is 11.3 Å². The molecule has 3 rings (SSSR count). The molecule has 1 N–H and O–H groups in total. The van der Waals surface area contributed by atoms with Crippen molar-refractivity contribution in [2.75, 3.05) is 12.4 Å². The third-order valence-electron chi connectivity index (χ3n) is 3.03. The minimum Gasteiger partial charge on any atom is -0.496 e. The average Bonchev–Trinajstić information content (AvgIpc) is 3.01. The Balaban J connectivity index is 1.92. The number of ketones is 1. The fourth-order valence-corrected chi connectivity index (χ4v) is 2.87. The molecule has 1 aliphatic rings. The molecule has 1 aromatic heterocycles. The molecule has 1 aromatic carbocycles. The Labute approximate surface area is 114 Å². The number of ether oxygens (including phenoxy) is 1. The zero-order valence-corrected chi connectivity index (χ0v) is 11.0. The van der Waals surface area contributed by atoms with Crippen molar-refractivity contribution in [2.24, 2.45) is 0 Å². The molecule has 1 aliphatic heterocycles. The van der Waals surface area contributed by atoms with Crippen LogP contribution in [0, 0.1) is 0 Å². The van der Waals surface area contributed by atoms with Gasteiger partial charge in [-0.05, 0) is 23.8 Å². The third-order valence-corrected chi connectivity index (χ3v) is 3.93. The molecule has 96 valence electrons. The molecule has 2 aromatic rings. The normalized spacial score (nSPS) is 13.0. The summed E-state index contributed by atoms with van der Waals surface area (Å²) in [5.41, 5.74) is 2.27. The molecule has 4 nitrogen and oxygen atoms in total. The van der Waals surface area contributed by atoms with E-state index in [9.17, 15) is 9.59 Å². The second kappa shape index (κ2) is 4.51. The highest BCUT2D eigenvalue weighted by Crippen LogP contribution is 2.27. The van der Waals surface area contributed by atoms with Crippen molar-refractivity contribution in [1.82, 2.24) is 0 Å². The van der Waals surface area contributed by atoms with E-state index in [-0.39, 0.29) is 11.7 Å². The molecular weight excluding hydrogens is 262 g/mol. The van der Waals surface area contributed by atoms with E-state index in [1.807, 2.05) is 0 Å². The summed E-state index contributed by atoms with van der Waals surface area (Å²) in [6.07, 6.45) is 0.338. The quantitative estimate of drug-likeness (QED) is 0.874. The van der Waals surface area contributed by atoms with Crippen LogP contribution >= 0.6 is 11.3 Å². The first-order chi connectivity index (χ1) is 9.17. The first kappa shape index (κ1) is 11.9. The lowest BCUT2D eigenvalue weighted by Crippen LogP contribution is -2.03. The van der Waals surface area contributed by atoms with Crippen LogP contribution in [0.3, 0.4) is 0 Å². The first-order valence-electron chi connectivity index (χ1n) is 5.77. The van der Waals surface area contributed by atoms with Crippen LogP contribution in [-0.2, 0) is 11.2 Å². The number of amides is 1. The molecule has 0 atom stereocenters. The highest BCUT2D eigenvalue weighted by Gasteiger charge is 2.20. The lowest BCUT2D eigenvalue weighted by Gasteiger charge is -2.02. The Kier molecular flexibility index (Phi) is 2.83. The monoisotopic (exact) mass is 273 g/mol. The molecular formula is C14H11NO3S. The van der Waals surface area contributed by atoms with Gasteiger partial charge in [-0.3, -0.25) is 9.59 Å². The van der Waals surface area contributed by atoms with Gasteiger partial charge in [0.2, 0.25) is 11.7 Å². The van der Waals surface area contributed by atoms with Crippen molar-refractivity contribution in [3.63, 3.8) is 0 Å². The van der Waals surface area contributed by atoms with Gasteiger partial charge in [-0.15, -0.1) is 11.3 Å². The summed E-state index contributed by atoms with van der Waals surface area (Å²) < 4.78 is 5.07. The van der Waals surface area contributed by atoms with Crippen LogP contribution in [0.2, 0.25) is 0 Å². The molecule has 0 aliphatic carbocycles. The summed E-state index contributed by atoms with van der Waals surface area (Å²) in [7, 11) is 1.57. The second-order valence-corrected chi connectivity index (χ2v) is 5.19. The van der Waals surface area contributed by atoms with Gasteiger partial charge in [0, 0.05) is 22.7 Å². The van der Waals surface area contributed by atoms with Gasteiger partial charge in [0.15, 0.2) is 0 Å². The number of methoxy groups -OCH3 is 1. The van der Waals surface area contributed by atoms with Crippen molar-refractivity contribution >= 4 is 28.7 Å². The standard InChI is InChI=1S/C14H11NO3S/c1-18-10-6-12(19-7-10)14(17)8-2-3-11-9(4-8)5-13(16)15-11/h2-4,6-7H,5H2,1H3,(H,15,16). The fourth-order valence-electron chi connectivity index (χ4n) is 2.06. The van der Waals surface area contributed by atoms with E-state index >= 15 is 0 Å². The minimum atomic E-state index is -0.0459. The highest BCUT2D eigenvalue weighted by molar-refractivity contribution is 7.12. The van der Waals surface area contributed by atoms with Crippen molar-refractivity contribution in [2.45, 2.75) is 6.42 Å². The van der Waals surface area contributed by atoms with Crippen LogP contribution in [0.4, 0.5) is 5.69 Å². The predicted octanol–water partition coefficient (Wildman–Crippen LogP) is 2.48. The molecule has 2 heterocycles. The number of nitrogens with one attached hydrogen (secondary N) is 1. The molecule has 0 saturated heterocycles. The zero-order chi connectivity index (χ0) is 13.4. The molecule has 0 radical (unpaired) electrons. The number of carbonyl (C=O) groups is 2. The molecule has 1 amide bonds. The summed E-state index contributed by atoms with van der Waals surface area (Å²) in [4.78, 5) is 24.2. The summed E-state index contributed by atoms with van der Waals surface area (Å²) in [5, 5.41) is 4.55. The van der Waals surface area contributed by atoms with Crippen molar-refractivity contribution in [3.05, 3.63) is 45.6 Å². The number of rotatable bonds is 3. The summed E-state index contributed by atoms with van der Waals surface area (Å²) in [5.74, 6) is 0.610. The third kappa shape index (κ3) is 2.13. The average molecular weight is 273 g/mol. The number of thiophene rings is 1. The van der Waals surface area contributed by atoms with Crippen LogP contribution in [0.15, 0.2) is 29.6 Å². The van der Waals surface area contributed by atoms with E-state index in [2.05, 4.69) is 5.32 Å². The fraction of sp³-hybridized carbons (Fsp3) is 0.143. The Morgan fingerprint density at radius 3 is 2.95 bits per heavy atom. The Morgan fingerprint density at radius 1 is 1.37 bits per heavy atom. The van der Waals surface area contributed by atoms with Gasteiger partial charge in [-0.1, -0.05) is 0 Å². The lowest BCUT2D eigenvalue weighted by molar-refractivity contribution is -0.115. The van der Waals surface area contributed by atoms with E-state index < -0.39 is 0 Å². The number of hydrogen-bond acceptors (Lipinski definition) is 4. The van der Waals surface area contributed by atoms with Gasteiger partial charge in [0.1, 0.15) is 5.75 Å². The van der Waals surface area contributed by atoms with Crippen LogP contribution < -0.4 is 10.1 Å². The summed E-state index contributed by atoms with van der Waals surface area (Å²) in [6, 6.07) is 7.02. The molecule has 0 unspecified atom stereocenters. The highest BCUT2D eigenvalue weighted by atomic mass is 32.1. The Morgan fingerprint density at radius 2 is 2.21 bits per heavy atom. The first-order valence-corrected chi connectivity index (χ1v) is 6.65. The molecule has 19 heavy (non-hydrogen) atoms. The minimum absolute atomic E-state index is 0.0302. The van der Waals surface area contributed by atoms with Crippen LogP contribution in [-0.4, -0.2) is 18.8 Å². The molecule has 5 heteroatoms. The van der Waals surface area contributed by atoms with Crippen LogP contribution in [0.5, 0.6) is 5.75 Å². The number of benzene rings is 1. The molecule has 0 bridgehead atoms. The van der Waals surface area contributed by atoms with E-state index in [0.29, 0.717) is 22.6 Å². The van der Waals surface area contributed by atoms with Crippen molar-refractivity contribution in [3.8, 4) is 5.75 Å². The van der Waals surface area contributed by atoms with Crippen LogP contribution in [0.1, 0.15) is 20.8 Å². The Bertz CT molecular complexity index is 675. The smallest absolute Gasteiger partial charge is 0.228 e. The van der Waals surface area contributed by atoms with Gasteiger partial charge < -0.3 is 10.1 Å². The summed E-state index contributed by atoms with van der Waals surface area (Å²) in [6.45, 7) is 0. The number of carbonyl (C=O) groups excluding carboxylic acids is 2. The van der Waals surface area contributed by atoms with Crippen molar-refractivity contribution < 1.29 is 14.3 Å². The van der Waals surface area contributed by atoms with Gasteiger partial charge in [-0.25, -0.2) is 0 Å².